The average Bonchev–Trinajstić information content (AvgIpc) is 2.34. The van der Waals surface area contributed by atoms with Crippen LogP contribution in [0.4, 0.5) is 23.0 Å². The number of rotatable bonds is 4. The molecule has 1 aromatic heterocycles. The summed E-state index contributed by atoms with van der Waals surface area (Å²) in [6, 6.07) is 5.86. The van der Waals surface area contributed by atoms with E-state index in [4.69, 9.17) is 0 Å². The summed E-state index contributed by atoms with van der Waals surface area (Å²) in [5.41, 5.74) is 2.37. The molecular formula is C16H21N5O2. The monoisotopic (exact) mass is 315 g/mol. The van der Waals surface area contributed by atoms with Crippen LogP contribution in [0.25, 0.3) is 0 Å². The summed E-state index contributed by atoms with van der Waals surface area (Å²) >= 11 is 0. The molecule has 122 valence electrons. The molecule has 2 rings (SSSR count). The lowest BCUT2D eigenvalue weighted by Crippen LogP contribution is -2.27. The van der Waals surface area contributed by atoms with Gasteiger partial charge in [0.05, 0.1) is 4.92 Å². The third-order valence-electron chi connectivity index (χ3n) is 2.98. The molecule has 1 aromatic carbocycles. The lowest BCUT2D eigenvalue weighted by molar-refractivity contribution is -0.383. The largest absolute Gasteiger partial charge is 0.360 e. The third kappa shape index (κ3) is 4.38. The molecule has 0 saturated carbocycles. The highest BCUT2D eigenvalue weighted by molar-refractivity contribution is 5.74. The summed E-state index contributed by atoms with van der Waals surface area (Å²) in [4.78, 5) is 19.1. The van der Waals surface area contributed by atoms with Crippen LogP contribution in [0, 0.1) is 24.0 Å². The van der Waals surface area contributed by atoms with E-state index >= 15 is 0 Å². The molecule has 23 heavy (non-hydrogen) atoms. The molecule has 0 fully saturated rings. The highest BCUT2D eigenvalue weighted by Gasteiger charge is 2.25. The number of benzene rings is 1. The van der Waals surface area contributed by atoms with Crippen molar-refractivity contribution < 1.29 is 4.92 Å². The van der Waals surface area contributed by atoms with E-state index in [-0.39, 0.29) is 22.9 Å². The van der Waals surface area contributed by atoms with Crippen LogP contribution in [0.3, 0.4) is 0 Å². The lowest BCUT2D eigenvalue weighted by Gasteiger charge is -2.21. The first-order valence-electron chi connectivity index (χ1n) is 7.28. The first-order chi connectivity index (χ1) is 10.7. The van der Waals surface area contributed by atoms with Crippen LogP contribution >= 0.6 is 0 Å². The molecule has 2 aromatic rings. The molecule has 2 N–H and O–H groups in total. The maximum Gasteiger partial charge on any atom is 0.353 e. The van der Waals surface area contributed by atoms with Gasteiger partial charge in [0.2, 0.25) is 11.6 Å². The molecule has 1 heterocycles. The van der Waals surface area contributed by atoms with E-state index in [1.807, 2.05) is 52.8 Å². The number of nitrogens with zero attached hydrogens (tertiary/aromatic N) is 3. The zero-order valence-electron chi connectivity index (χ0n) is 14.0. The normalized spacial score (nSPS) is 11.2. The van der Waals surface area contributed by atoms with E-state index < -0.39 is 4.92 Å². The predicted octanol–water partition coefficient (Wildman–Crippen LogP) is 3.96. The van der Waals surface area contributed by atoms with Crippen molar-refractivity contribution in [2.45, 2.75) is 40.2 Å². The minimum atomic E-state index is -0.473. The van der Waals surface area contributed by atoms with Gasteiger partial charge in [0.15, 0.2) is 0 Å². The van der Waals surface area contributed by atoms with E-state index in [2.05, 4.69) is 20.6 Å². The highest BCUT2D eigenvalue weighted by Crippen LogP contribution is 2.32. The zero-order chi connectivity index (χ0) is 17.2. The second kappa shape index (κ2) is 6.20. The lowest BCUT2D eigenvalue weighted by atomic mass is 10.1. The Kier molecular flexibility index (Phi) is 4.49. The molecule has 0 spiro atoms. The van der Waals surface area contributed by atoms with Gasteiger partial charge in [-0.2, -0.15) is 0 Å². The van der Waals surface area contributed by atoms with Crippen molar-refractivity contribution >= 4 is 23.0 Å². The number of hydrogen-bond acceptors (Lipinski definition) is 6. The van der Waals surface area contributed by atoms with Gasteiger partial charge in [-0.3, -0.25) is 10.1 Å². The Labute approximate surface area is 135 Å². The number of anilines is 3. The molecular weight excluding hydrogens is 294 g/mol. The van der Waals surface area contributed by atoms with Gasteiger partial charge in [-0.15, -0.1) is 0 Å². The molecule has 0 aliphatic heterocycles. The summed E-state index contributed by atoms with van der Waals surface area (Å²) in [6.07, 6.45) is 1.31. The Bertz CT molecular complexity index is 717. The summed E-state index contributed by atoms with van der Waals surface area (Å²) in [5, 5.41) is 17.6. The van der Waals surface area contributed by atoms with Gasteiger partial charge in [0.1, 0.15) is 6.33 Å². The third-order valence-corrected chi connectivity index (χ3v) is 2.98. The fourth-order valence-corrected chi connectivity index (χ4v) is 2.27. The Morgan fingerprint density at radius 3 is 2.13 bits per heavy atom. The molecule has 0 saturated heterocycles. The van der Waals surface area contributed by atoms with Crippen molar-refractivity contribution in [2.24, 2.45) is 0 Å². The van der Waals surface area contributed by atoms with Gasteiger partial charge in [0.25, 0.3) is 0 Å². The molecule has 0 unspecified atom stereocenters. The van der Waals surface area contributed by atoms with Crippen molar-refractivity contribution in [3.05, 3.63) is 45.8 Å². The summed E-state index contributed by atoms with van der Waals surface area (Å²) in [5.74, 6) is 0.367. The molecule has 0 atom stereocenters. The van der Waals surface area contributed by atoms with Gasteiger partial charge in [-0.1, -0.05) is 6.07 Å². The Hall–Kier alpha value is -2.70. The van der Waals surface area contributed by atoms with Gasteiger partial charge >= 0.3 is 5.69 Å². The number of aromatic nitrogens is 2. The minimum absolute atomic E-state index is 0.165. The number of aryl methyl sites for hydroxylation is 2. The molecule has 0 bridgehead atoms. The first kappa shape index (κ1) is 16.7. The van der Waals surface area contributed by atoms with Crippen molar-refractivity contribution in [1.82, 2.24) is 9.97 Å². The average molecular weight is 315 g/mol. The summed E-state index contributed by atoms with van der Waals surface area (Å²) in [6.45, 7) is 9.68. The van der Waals surface area contributed by atoms with E-state index in [0.29, 0.717) is 0 Å². The maximum absolute atomic E-state index is 11.5. The topological polar surface area (TPSA) is 93.0 Å². The number of nitro groups is 1. The van der Waals surface area contributed by atoms with Crippen molar-refractivity contribution in [1.29, 1.82) is 0 Å². The second-order valence-electron chi connectivity index (χ2n) is 6.55. The standard InChI is InChI=1S/C16H21N5O2/c1-10-6-11(2)8-12(7-10)19-14-13(21(22)23)15(18-9-17-14)20-16(3,4)5/h6-9H,1-5H3,(H2,17,18,19,20). The van der Waals surface area contributed by atoms with E-state index in [1.54, 1.807) is 0 Å². The molecule has 0 radical (unpaired) electrons. The Balaban J connectivity index is 2.45. The van der Waals surface area contributed by atoms with Crippen LogP contribution < -0.4 is 10.6 Å². The molecule has 0 aliphatic carbocycles. The smallest absolute Gasteiger partial charge is 0.353 e. The van der Waals surface area contributed by atoms with Crippen molar-refractivity contribution in [2.75, 3.05) is 10.6 Å². The van der Waals surface area contributed by atoms with Crippen LogP contribution in [0.15, 0.2) is 24.5 Å². The van der Waals surface area contributed by atoms with Gasteiger partial charge in [0, 0.05) is 11.2 Å². The molecule has 0 aliphatic rings. The Morgan fingerprint density at radius 2 is 1.61 bits per heavy atom. The fraction of sp³-hybridized carbons (Fsp3) is 0.375. The van der Waals surface area contributed by atoms with E-state index in [0.717, 1.165) is 16.8 Å². The van der Waals surface area contributed by atoms with Crippen LogP contribution in [0.5, 0.6) is 0 Å². The van der Waals surface area contributed by atoms with Gasteiger partial charge < -0.3 is 10.6 Å². The van der Waals surface area contributed by atoms with Crippen molar-refractivity contribution in [3.8, 4) is 0 Å². The first-order valence-corrected chi connectivity index (χ1v) is 7.28. The van der Waals surface area contributed by atoms with Crippen molar-refractivity contribution in [3.63, 3.8) is 0 Å². The Morgan fingerprint density at radius 1 is 1.04 bits per heavy atom. The summed E-state index contributed by atoms with van der Waals surface area (Å²) < 4.78 is 0. The van der Waals surface area contributed by atoms with E-state index in [1.165, 1.54) is 6.33 Å². The number of hydrogen-bond donors (Lipinski definition) is 2. The number of nitrogens with one attached hydrogen (secondary N) is 2. The van der Waals surface area contributed by atoms with Gasteiger partial charge in [-0.05, 0) is 57.9 Å². The SMILES string of the molecule is Cc1cc(C)cc(Nc2ncnc(NC(C)(C)C)c2[N+](=O)[O-])c1. The van der Waals surface area contributed by atoms with E-state index in [9.17, 15) is 10.1 Å². The maximum atomic E-state index is 11.5. The molecule has 7 heteroatoms. The summed E-state index contributed by atoms with van der Waals surface area (Å²) in [7, 11) is 0. The van der Waals surface area contributed by atoms with Crippen LogP contribution in [0.2, 0.25) is 0 Å². The highest BCUT2D eigenvalue weighted by atomic mass is 16.6. The van der Waals surface area contributed by atoms with Gasteiger partial charge in [-0.25, -0.2) is 9.97 Å². The second-order valence-corrected chi connectivity index (χ2v) is 6.55. The minimum Gasteiger partial charge on any atom is -0.360 e. The van der Waals surface area contributed by atoms with Crippen LogP contribution in [-0.4, -0.2) is 20.4 Å². The fourth-order valence-electron chi connectivity index (χ4n) is 2.27. The molecule has 0 amide bonds. The predicted molar refractivity (Wildman–Crippen MR) is 91.3 cm³/mol. The van der Waals surface area contributed by atoms with Crippen LogP contribution in [0.1, 0.15) is 31.9 Å². The zero-order valence-corrected chi connectivity index (χ0v) is 14.0. The molecule has 7 nitrogen and oxygen atoms in total. The van der Waals surface area contributed by atoms with Crippen LogP contribution in [-0.2, 0) is 0 Å². The quantitative estimate of drug-likeness (QED) is 0.655.